The minimum Gasteiger partial charge on any atom is -0.411 e. The summed E-state index contributed by atoms with van der Waals surface area (Å²) >= 11 is 5.29. The number of hydrogen-bond acceptors (Lipinski definition) is 4. The lowest BCUT2D eigenvalue weighted by atomic mass is 10.0. The molecule has 0 aromatic rings. The average molecular weight is 202 g/mol. The Labute approximate surface area is 80.1 Å². The van der Waals surface area contributed by atoms with Crippen LogP contribution in [0.2, 0.25) is 0 Å². The summed E-state index contributed by atoms with van der Waals surface area (Å²) in [5.74, 6) is 0. The molecule has 13 heavy (non-hydrogen) atoms. The normalized spacial score (nSPS) is 24.6. The number of nitrogens with zero attached hydrogens (tertiary/aromatic N) is 1. The van der Waals surface area contributed by atoms with Crippen LogP contribution in [0, 0.1) is 0 Å². The molecule has 0 saturated carbocycles. The molecule has 0 spiro atoms. The van der Waals surface area contributed by atoms with Gasteiger partial charge in [0, 0.05) is 12.7 Å². The van der Waals surface area contributed by atoms with E-state index in [1.165, 1.54) is 19.3 Å². The van der Waals surface area contributed by atoms with Crippen molar-refractivity contribution in [1.82, 2.24) is 0 Å². The lowest BCUT2D eigenvalue weighted by Crippen LogP contribution is -2.28. The molecule has 0 bridgehead atoms. The van der Waals surface area contributed by atoms with Crippen LogP contribution < -0.4 is 0 Å². The number of carbonyl (C=O) groups excluding carboxylic acids is 1. The molecule has 1 N–H and O–H groups in total. The molecule has 0 aromatic heterocycles. The quantitative estimate of drug-likeness (QED) is 0.413. The van der Waals surface area contributed by atoms with Gasteiger partial charge in [0.2, 0.25) is 0 Å². The Bertz CT molecular complexity index is 307. The second-order valence-electron chi connectivity index (χ2n) is 2.40. The van der Waals surface area contributed by atoms with Crippen LogP contribution in [0.15, 0.2) is 29.0 Å². The molecule has 0 radical (unpaired) electrons. The van der Waals surface area contributed by atoms with Gasteiger partial charge in [-0.25, -0.2) is 0 Å². The Morgan fingerprint density at radius 2 is 2.46 bits per heavy atom. The monoisotopic (exact) mass is 201 g/mol. The van der Waals surface area contributed by atoms with Crippen LogP contribution >= 0.6 is 11.6 Å². The fourth-order valence-corrected chi connectivity index (χ4v) is 1.25. The molecule has 0 aliphatic heterocycles. The molecule has 0 amide bonds. The number of halogens is 1. The molecule has 0 fully saturated rings. The molecule has 5 heteroatoms. The van der Waals surface area contributed by atoms with Crippen molar-refractivity contribution in [3.63, 3.8) is 0 Å². The van der Waals surface area contributed by atoms with Gasteiger partial charge in [0.15, 0.2) is 0 Å². The van der Waals surface area contributed by atoms with Crippen LogP contribution in [-0.4, -0.2) is 29.4 Å². The zero-order chi connectivity index (χ0) is 9.84. The summed E-state index contributed by atoms with van der Waals surface area (Å²) in [6.07, 6.45) is 3.95. The van der Waals surface area contributed by atoms with Gasteiger partial charge in [0.25, 0.3) is 5.24 Å². The Morgan fingerprint density at radius 3 is 2.92 bits per heavy atom. The standard InChI is InChI=1S/C8H8ClNO3/c1-13-7-5(8(9)11)3-2-4-6(7)10-12/h2-4,7,12H,1H3. The first-order chi connectivity index (χ1) is 6.20. The summed E-state index contributed by atoms with van der Waals surface area (Å²) in [5.41, 5.74) is 0.522. The Hall–Kier alpha value is -1.13. The molecule has 4 nitrogen and oxygen atoms in total. The van der Waals surface area contributed by atoms with Crippen molar-refractivity contribution in [2.45, 2.75) is 6.10 Å². The first kappa shape index (κ1) is 9.95. The van der Waals surface area contributed by atoms with Crippen molar-refractivity contribution in [3.8, 4) is 0 Å². The number of methoxy groups -OCH3 is 1. The van der Waals surface area contributed by atoms with Crippen molar-refractivity contribution in [1.29, 1.82) is 0 Å². The number of rotatable bonds is 2. The van der Waals surface area contributed by atoms with Gasteiger partial charge in [-0.1, -0.05) is 17.3 Å². The molecule has 1 aliphatic rings. The topological polar surface area (TPSA) is 58.9 Å². The number of ether oxygens (including phenoxy) is 1. The number of oxime groups is 1. The van der Waals surface area contributed by atoms with Crippen LogP contribution in [0.3, 0.4) is 0 Å². The first-order valence-corrected chi connectivity index (χ1v) is 3.91. The van der Waals surface area contributed by atoms with Crippen molar-refractivity contribution >= 4 is 22.6 Å². The van der Waals surface area contributed by atoms with Crippen LogP contribution in [-0.2, 0) is 9.53 Å². The maximum absolute atomic E-state index is 10.9. The molecule has 70 valence electrons. The minimum atomic E-state index is -0.681. The molecular formula is C8H8ClNO3. The van der Waals surface area contributed by atoms with Crippen molar-refractivity contribution < 1.29 is 14.7 Å². The zero-order valence-electron chi connectivity index (χ0n) is 6.90. The number of carbonyl (C=O) groups is 1. The average Bonchev–Trinajstić information content (AvgIpc) is 2.16. The highest BCUT2D eigenvalue weighted by Gasteiger charge is 2.25. The summed E-state index contributed by atoms with van der Waals surface area (Å²) in [6, 6.07) is 0. The third-order valence-electron chi connectivity index (χ3n) is 1.67. The third kappa shape index (κ3) is 1.96. The van der Waals surface area contributed by atoms with E-state index < -0.39 is 11.3 Å². The van der Waals surface area contributed by atoms with Crippen LogP contribution in [0.25, 0.3) is 0 Å². The van der Waals surface area contributed by atoms with Crippen LogP contribution in [0.5, 0.6) is 0 Å². The van der Waals surface area contributed by atoms with E-state index >= 15 is 0 Å². The summed E-state index contributed by atoms with van der Waals surface area (Å²) in [6.45, 7) is 0. The summed E-state index contributed by atoms with van der Waals surface area (Å²) in [5, 5.41) is 10.9. The van der Waals surface area contributed by atoms with E-state index in [-0.39, 0.29) is 11.3 Å². The van der Waals surface area contributed by atoms with Gasteiger partial charge in [-0.2, -0.15) is 0 Å². The second-order valence-corrected chi connectivity index (χ2v) is 2.74. The maximum Gasteiger partial charge on any atom is 0.251 e. The smallest absolute Gasteiger partial charge is 0.251 e. The summed E-state index contributed by atoms with van der Waals surface area (Å²) < 4.78 is 4.95. The lowest BCUT2D eigenvalue weighted by molar-refractivity contribution is -0.109. The number of allylic oxidation sites excluding steroid dienone is 2. The summed E-state index contributed by atoms with van der Waals surface area (Å²) in [4.78, 5) is 10.9. The summed E-state index contributed by atoms with van der Waals surface area (Å²) in [7, 11) is 1.41. The molecule has 1 aliphatic carbocycles. The second kappa shape index (κ2) is 4.20. The van der Waals surface area contributed by atoms with E-state index in [0.717, 1.165) is 0 Å². The molecule has 0 aromatic carbocycles. The molecular weight excluding hydrogens is 194 g/mol. The zero-order valence-corrected chi connectivity index (χ0v) is 7.65. The van der Waals surface area contributed by atoms with Gasteiger partial charge < -0.3 is 9.94 Å². The maximum atomic E-state index is 10.9. The van der Waals surface area contributed by atoms with Gasteiger partial charge in [-0.15, -0.1) is 0 Å². The van der Waals surface area contributed by atoms with Crippen LogP contribution in [0.1, 0.15) is 0 Å². The molecule has 0 heterocycles. The van der Waals surface area contributed by atoms with E-state index in [1.54, 1.807) is 6.08 Å². The van der Waals surface area contributed by atoms with Crippen molar-refractivity contribution in [2.24, 2.45) is 5.16 Å². The Balaban J connectivity index is 3.02. The van der Waals surface area contributed by atoms with Crippen molar-refractivity contribution in [2.75, 3.05) is 7.11 Å². The Kier molecular flexibility index (Phi) is 3.22. The van der Waals surface area contributed by atoms with E-state index in [0.29, 0.717) is 0 Å². The lowest BCUT2D eigenvalue weighted by Gasteiger charge is -2.17. The van der Waals surface area contributed by atoms with E-state index in [9.17, 15) is 4.79 Å². The SMILES string of the molecule is COC1C(C(=O)Cl)=CC=CC1=NO. The van der Waals surface area contributed by atoms with Gasteiger partial charge >= 0.3 is 0 Å². The predicted molar refractivity (Wildman–Crippen MR) is 48.1 cm³/mol. The van der Waals surface area contributed by atoms with E-state index in [1.807, 2.05) is 0 Å². The molecule has 1 rings (SSSR count). The highest BCUT2D eigenvalue weighted by atomic mass is 35.5. The fourth-order valence-electron chi connectivity index (χ4n) is 1.09. The van der Waals surface area contributed by atoms with Gasteiger partial charge in [-0.3, -0.25) is 4.79 Å². The first-order valence-electron chi connectivity index (χ1n) is 3.53. The fraction of sp³-hybridized carbons (Fsp3) is 0.250. The Morgan fingerprint density at radius 1 is 1.77 bits per heavy atom. The molecule has 1 unspecified atom stereocenters. The molecule has 0 saturated heterocycles. The largest absolute Gasteiger partial charge is 0.411 e. The molecule has 1 atom stereocenters. The van der Waals surface area contributed by atoms with E-state index in [4.69, 9.17) is 21.5 Å². The van der Waals surface area contributed by atoms with Gasteiger partial charge in [0.1, 0.15) is 11.8 Å². The van der Waals surface area contributed by atoms with Crippen molar-refractivity contribution in [3.05, 3.63) is 23.8 Å². The highest BCUT2D eigenvalue weighted by Crippen LogP contribution is 2.16. The highest BCUT2D eigenvalue weighted by molar-refractivity contribution is 6.68. The third-order valence-corrected chi connectivity index (χ3v) is 1.89. The minimum absolute atomic E-state index is 0.258. The predicted octanol–water partition coefficient (Wildman–Crippen LogP) is 1.09. The number of hydrogen-bond donors (Lipinski definition) is 1. The van der Waals surface area contributed by atoms with Gasteiger partial charge in [0.05, 0.1) is 0 Å². The van der Waals surface area contributed by atoms with Gasteiger partial charge in [-0.05, 0) is 17.7 Å². The van der Waals surface area contributed by atoms with E-state index in [2.05, 4.69) is 5.16 Å². The van der Waals surface area contributed by atoms with Crippen LogP contribution in [0.4, 0.5) is 0 Å².